The van der Waals surface area contributed by atoms with E-state index in [2.05, 4.69) is 63.0 Å². The van der Waals surface area contributed by atoms with Gasteiger partial charge in [-0.25, -0.2) is 4.98 Å². The van der Waals surface area contributed by atoms with Crippen LogP contribution < -0.4 is 5.73 Å². The van der Waals surface area contributed by atoms with Crippen molar-refractivity contribution in [1.29, 1.82) is 5.26 Å². The molecule has 1 heterocycles. The second-order valence-corrected chi connectivity index (χ2v) is 8.14. The molecule has 1 aromatic heterocycles. The molecule has 130 valence electrons. The number of nitrogens with zero attached hydrogens (tertiary/aromatic N) is 2. The maximum atomic E-state index is 9.72. The Morgan fingerprint density at radius 1 is 1.24 bits per heavy atom. The SMILES string of the molecule is CCc1ccc(-c2c(C#N)c(N)nc3c2CC(C(C)(C)C)CC3)cc1. The van der Waals surface area contributed by atoms with Crippen LogP contribution in [0.15, 0.2) is 24.3 Å². The van der Waals surface area contributed by atoms with Crippen molar-refractivity contribution in [2.75, 3.05) is 5.73 Å². The molecule has 3 heteroatoms. The number of fused-ring (bicyclic) bond motifs is 1. The van der Waals surface area contributed by atoms with Crippen LogP contribution >= 0.6 is 0 Å². The van der Waals surface area contributed by atoms with Crippen molar-refractivity contribution in [3.63, 3.8) is 0 Å². The molecule has 0 radical (unpaired) electrons. The van der Waals surface area contributed by atoms with E-state index in [9.17, 15) is 5.26 Å². The van der Waals surface area contributed by atoms with E-state index >= 15 is 0 Å². The number of nitrogens with two attached hydrogens (primary N) is 1. The van der Waals surface area contributed by atoms with Gasteiger partial charge in [0, 0.05) is 11.3 Å². The standard InChI is InChI=1S/C22H27N3/c1-5-14-6-8-15(9-7-14)20-17-12-16(22(2,3)4)10-11-19(17)25-21(24)18(20)13-23/h6-9,16H,5,10-12H2,1-4H3,(H2,24,25). The fourth-order valence-corrected chi connectivity index (χ4v) is 3.86. The molecule has 0 saturated carbocycles. The minimum absolute atomic E-state index is 0.245. The topological polar surface area (TPSA) is 62.7 Å². The Morgan fingerprint density at radius 2 is 1.92 bits per heavy atom. The molecule has 1 aliphatic rings. The molecule has 0 fully saturated rings. The molecule has 0 aliphatic heterocycles. The maximum absolute atomic E-state index is 9.72. The lowest BCUT2D eigenvalue weighted by atomic mass is 9.70. The highest BCUT2D eigenvalue weighted by Gasteiger charge is 2.32. The number of hydrogen-bond donors (Lipinski definition) is 1. The monoisotopic (exact) mass is 333 g/mol. The minimum Gasteiger partial charge on any atom is -0.383 e. The van der Waals surface area contributed by atoms with Gasteiger partial charge < -0.3 is 5.73 Å². The molecule has 0 bridgehead atoms. The number of benzene rings is 1. The molecule has 0 spiro atoms. The average molecular weight is 333 g/mol. The molecule has 2 aromatic rings. The first-order valence-electron chi connectivity index (χ1n) is 9.15. The fourth-order valence-electron chi connectivity index (χ4n) is 3.86. The Hall–Kier alpha value is -2.34. The van der Waals surface area contributed by atoms with E-state index in [1.165, 1.54) is 11.1 Å². The third-order valence-electron chi connectivity index (χ3n) is 5.58. The van der Waals surface area contributed by atoms with Crippen molar-refractivity contribution >= 4 is 5.82 Å². The van der Waals surface area contributed by atoms with E-state index in [1.54, 1.807) is 0 Å². The Kier molecular flexibility index (Phi) is 4.56. The van der Waals surface area contributed by atoms with Gasteiger partial charge >= 0.3 is 0 Å². The van der Waals surface area contributed by atoms with Gasteiger partial charge in [0.05, 0.1) is 0 Å². The van der Waals surface area contributed by atoms with Crippen LogP contribution in [0.4, 0.5) is 5.82 Å². The molecule has 1 aromatic carbocycles. The molecule has 1 aliphatic carbocycles. The zero-order valence-corrected chi connectivity index (χ0v) is 15.7. The van der Waals surface area contributed by atoms with Crippen LogP contribution in [0.25, 0.3) is 11.1 Å². The molecular weight excluding hydrogens is 306 g/mol. The highest BCUT2D eigenvalue weighted by molar-refractivity contribution is 5.79. The summed E-state index contributed by atoms with van der Waals surface area (Å²) in [4.78, 5) is 4.58. The largest absolute Gasteiger partial charge is 0.383 e. The Balaban J connectivity index is 2.19. The molecule has 3 rings (SSSR count). The van der Waals surface area contributed by atoms with Gasteiger partial charge in [0.15, 0.2) is 0 Å². The molecule has 2 N–H and O–H groups in total. The van der Waals surface area contributed by atoms with Gasteiger partial charge in [-0.2, -0.15) is 5.26 Å². The molecule has 3 nitrogen and oxygen atoms in total. The van der Waals surface area contributed by atoms with E-state index in [0.29, 0.717) is 17.3 Å². The summed E-state index contributed by atoms with van der Waals surface area (Å²) >= 11 is 0. The van der Waals surface area contributed by atoms with Gasteiger partial charge in [0.25, 0.3) is 0 Å². The van der Waals surface area contributed by atoms with Gasteiger partial charge in [-0.05, 0) is 53.7 Å². The van der Waals surface area contributed by atoms with Gasteiger partial charge in [0.2, 0.25) is 0 Å². The zero-order chi connectivity index (χ0) is 18.2. The smallest absolute Gasteiger partial charge is 0.142 e. The van der Waals surface area contributed by atoms with Gasteiger partial charge in [0.1, 0.15) is 17.5 Å². The average Bonchev–Trinajstić information content (AvgIpc) is 2.59. The molecule has 0 saturated heterocycles. The Bertz CT molecular complexity index is 820. The third kappa shape index (κ3) is 3.26. The number of aryl methyl sites for hydroxylation is 2. The van der Waals surface area contributed by atoms with Crippen LogP contribution in [0.3, 0.4) is 0 Å². The second-order valence-electron chi connectivity index (χ2n) is 8.14. The lowest BCUT2D eigenvalue weighted by Crippen LogP contribution is -2.28. The maximum Gasteiger partial charge on any atom is 0.142 e. The van der Waals surface area contributed by atoms with Crippen LogP contribution in [0, 0.1) is 22.7 Å². The molecule has 1 atom stereocenters. The van der Waals surface area contributed by atoms with Crippen LogP contribution in [0.5, 0.6) is 0 Å². The summed E-state index contributed by atoms with van der Waals surface area (Å²) in [7, 11) is 0. The van der Waals surface area contributed by atoms with Crippen molar-refractivity contribution in [3.8, 4) is 17.2 Å². The van der Waals surface area contributed by atoms with Crippen LogP contribution in [-0.4, -0.2) is 4.98 Å². The van der Waals surface area contributed by atoms with Crippen LogP contribution in [0.1, 0.15) is 56.5 Å². The summed E-state index contributed by atoms with van der Waals surface area (Å²) in [6, 6.07) is 10.8. The zero-order valence-electron chi connectivity index (χ0n) is 15.7. The lowest BCUT2D eigenvalue weighted by molar-refractivity contribution is 0.215. The van der Waals surface area contributed by atoms with Gasteiger partial charge in [-0.3, -0.25) is 0 Å². The Labute approximate surface area is 150 Å². The number of nitriles is 1. The van der Waals surface area contributed by atoms with E-state index in [-0.39, 0.29) is 5.41 Å². The quantitative estimate of drug-likeness (QED) is 0.849. The lowest BCUT2D eigenvalue weighted by Gasteiger charge is -2.35. The predicted octanol–water partition coefficient (Wildman–Crippen LogP) is 4.92. The van der Waals surface area contributed by atoms with Crippen molar-refractivity contribution in [2.24, 2.45) is 11.3 Å². The summed E-state index contributed by atoms with van der Waals surface area (Å²) in [5.41, 5.74) is 12.6. The summed E-state index contributed by atoms with van der Waals surface area (Å²) < 4.78 is 0. The predicted molar refractivity (Wildman–Crippen MR) is 103 cm³/mol. The first-order valence-corrected chi connectivity index (χ1v) is 9.15. The van der Waals surface area contributed by atoms with Crippen LogP contribution in [-0.2, 0) is 19.3 Å². The molecule has 25 heavy (non-hydrogen) atoms. The number of hydrogen-bond acceptors (Lipinski definition) is 3. The highest BCUT2D eigenvalue weighted by Crippen LogP contribution is 2.42. The first-order chi connectivity index (χ1) is 11.8. The Morgan fingerprint density at radius 3 is 2.48 bits per heavy atom. The molecular formula is C22H27N3. The minimum atomic E-state index is 0.245. The van der Waals surface area contributed by atoms with Crippen LogP contribution in [0.2, 0.25) is 0 Å². The van der Waals surface area contributed by atoms with Crippen molar-refractivity contribution < 1.29 is 0 Å². The third-order valence-corrected chi connectivity index (χ3v) is 5.58. The van der Waals surface area contributed by atoms with E-state index in [4.69, 9.17) is 5.73 Å². The van der Waals surface area contributed by atoms with Crippen molar-refractivity contribution in [1.82, 2.24) is 4.98 Å². The number of anilines is 1. The summed E-state index contributed by atoms with van der Waals surface area (Å²) in [5, 5.41) is 9.72. The molecule has 1 unspecified atom stereocenters. The number of nitrogen functional groups attached to an aromatic ring is 1. The number of aromatic nitrogens is 1. The normalized spacial score (nSPS) is 17.0. The fraction of sp³-hybridized carbons (Fsp3) is 0.455. The summed E-state index contributed by atoms with van der Waals surface area (Å²) in [6.07, 6.45) is 4.04. The highest BCUT2D eigenvalue weighted by atomic mass is 14.9. The summed E-state index contributed by atoms with van der Waals surface area (Å²) in [5.74, 6) is 0.954. The van der Waals surface area contributed by atoms with Gasteiger partial charge in [-0.1, -0.05) is 52.0 Å². The first kappa shape index (κ1) is 17.5. The number of pyridine rings is 1. The van der Waals surface area contributed by atoms with Crippen molar-refractivity contribution in [2.45, 2.75) is 53.4 Å². The summed E-state index contributed by atoms with van der Waals surface area (Å²) in [6.45, 7) is 9.05. The molecule has 0 amide bonds. The van der Waals surface area contributed by atoms with E-state index in [0.717, 1.165) is 42.5 Å². The van der Waals surface area contributed by atoms with E-state index < -0.39 is 0 Å². The van der Waals surface area contributed by atoms with E-state index in [1.807, 2.05) is 0 Å². The number of rotatable bonds is 2. The second kappa shape index (κ2) is 6.52. The van der Waals surface area contributed by atoms with Gasteiger partial charge in [-0.15, -0.1) is 0 Å². The van der Waals surface area contributed by atoms with Crippen molar-refractivity contribution in [3.05, 3.63) is 46.6 Å².